The summed E-state index contributed by atoms with van der Waals surface area (Å²) < 4.78 is 5.17. The molecule has 1 N–H and O–H groups in total. The molecule has 0 aromatic heterocycles. The highest BCUT2D eigenvalue weighted by molar-refractivity contribution is 5.75. The maximum Gasteiger partial charge on any atom is 0.318 e. The van der Waals surface area contributed by atoms with Crippen LogP contribution in [0.2, 0.25) is 0 Å². The van der Waals surface area contributed by atoms with Crippen LogP contribution in [0.1, 0.15) is 39.2 Å². The topological polar surface area (TPSA) is 41.6 Å². The standard InChI is InChI=1S/C17H26N2O2/c1-13-6-5-11-19(12-13)16(20)18-17(2,3)14-7-9-15(21-4)10-8-14/h7-10,13H,5-6,11-12H2,1-4H3,(H,18,20). The van der Waals surface area contributed by atoms with Gasteiger partial charge in [-0.15, -0.1) is 0 Å². The van der Waals surface area contributed by atoms with Gasteiger partial charge in [0.25, 0.3) is 0 Å². The Morgan fingerprint density at radius 1 is 1.33 bits per heavy atom. The predicted molar refractivity (Wildman–Crippen MR) is 84.5 cm³/mol. The number of amides is 2. The largest absolute Gasteiger partial charge is 0.497 e. The number of hydrogen-bond donors (Lipinski definition) is 1. The van der Waals surface area contributed by atoms with Crippen LogP contribution in [0.3, 0.4) is 0 Å². The summed E-state index contributed by atoms with van der Waals surface area (Å²) in [6.45, 7) is 7.97. The third-order valence-electron chi connectivity index (χ3n) is 4.18. The summed E-state index contributed by atoms with van der Waals surface area (Å²) in [4.78, 5) is 14.4. The van der Waals surface area contributed by atoms with E-state index in [0.29, 0.717) is 5.92 Å². The number of methoxy groups -OCH3 is 1. The zero-order valence-electron chi connectivity index (χ0n) is 13.5. The molecular formula is C17H26N2O2. The zero-order valence-corrected chi connectivity index (χ0v) is 13.5. The first-order valence-corrected chi connectivity index (χ1v) is 7.64. The van der Waals surface area contributed by atoms with Gasteiger partial charge >= 0.3 is 6.03 Å². The molecule has 0 spiro atoms. The highest BCUT2D eigenvalue weighted by atomic mass is 16.5. The van der Waals surface area contributed by atoms with E-state index < -0.39 is 5.54 Å². The first-order chi connectivity index (χ1) is 9.92. The lowest BCUT2D eigenvalue weighted by molar-refractivity contribution is 0.160. The van der Waals surface area contributed by atoms with Gasteiger partial charge in [-0.1, -0.05) is 19.1 Å². The van der Waals surface area contributed by atoms with Gasteiger partial charge in [0.2, 0.25) is 0 Å². The van der Waals surface area contributed by atoms with E-state index in [1.807, 2.05) is 43.0 Å². The molecule has 1 aliphatic heterocycles. The Bertz CT molecular complexity index is 482. The third-order valence-corrected chi connectivity index (χ3v) is 4.18. The molecule has 0 bridgehead atoms. The molecule has 4 heteroatoms. The quantitative estimate of drug-likeness (QED) is 0.927. The monoisotopic (exact) mass is 290 g/mol. The smallest absolute Gasteiger partial charge is 0.318 e. The van der Waals surface area contributed by atoms with Crippen molar-refractivity contribution in [3.05, 3.63) is 29.8 Å². The normalized spacial score (nSPS) is 19.2. The van der Waals surface area contributed by atoms with Crippen LogP contribution < -0.4 is 10.1 Å². The van der Waals surface area contributed by atoms with E-state index in [0.717, 1.165) is 30.8 Å². The molecule has 1 aliphatic rings. The number of urea groups is 1. The van der Waals surface area contributed by atoms with Crippen molar-refractivity contribution < 1.29 is 9.53 Å². The van der Waals surface area contributed by atoms with Crippen molar-refractivity contribution in [1.29, 1.82) is 0 Å². The van der Waals surface area contributed by atoms with Crippen LogP contribution in [0.5, 0.6) is 5.75 Å². The average Bonchev–Trinajstić information content (AvgIpc) is 2.47. The Morgan fingerprint density at radius 2 is 2.00 bits per heavy atom. The molecule has 1 fully saturated rings. The zero-order chi connectivity index (χ0) is 15.5. The van der Waals surface area contributed by atoms with Crippen LogP contribution in [-0.4, -0.2) is 31.1 Å². The minimum Gasteiger partial charge on any atom is -0.497 e. The number of ether oxygens (including phenoxy) is 1. The maximum absolute atomic E-state index is 12.4. The van der Waals surface area contributed by atoms with Crippen molar-refractivity contribution in [1.82, 2.24) is 10.2 Å². The first-order valence-electron chi connectivity index (χ1n) is 7.64. The van der Waals surface area contributed by atoms with Gasteiger partial charge in [-0.25, -0.2) is 4.79 Å². The van der Waals surface area contributed by atoms with Crippen molar-refractivity contribution >= 4 is 6.03 Å². The maximum atomic E-state index is 12.4. The van der Waals surface area contributed by atoms with E-state index in [1.165, 1.54) is 6.42 Å². The van der Waals surface area contributed by atoms with Crippen molar-refractivity contribution in [2.24, 2.45) is 5.92 Å². The molecule has 1 unspecified atom stereocenters. The van der Waals surface area contributed by atoms with Gasteiger partial charge in [-0.3, -0.25) is 0 Å². The fraction of sp³-hybridized carbons (Fsp3) is 0.588. The van der Waals surface area contributed by atoms with Crippen LogP contribution in [0, 0.1) is 5.92 Å². The average molecular weight is 290 g/mol. The van der Waals surface area contributed by atoms with Gasteiger partial charge in [0.1, 0.15) is 5.75 Å². The fourth-order valence-corrected chi connectivity index (χ4v) is 2.80. The lowest BCUT2D eigenvalue weighted by Gasteiger charge is -2.35. The van der Waals surface area contributed by atoms with Crippen LogP contribution >= 0.6 is 0 Å². The second-order valence-electron chi connectivity index (χ2n) is 6.48. The Balaban J connectivity index is 2.03. The summed E-state index contributed by atoms with van der Waals surface area (Å²) in [6.07, 6.45) is 2.31. The molecule has 0 aliphatic carbocycles. The molecule has 1 aromatic carbocycles. The summed E-state index contributed by atoms with van der Waals surface area (Å²) in [5, 5.41) is 3.15. The molecule has 116 valence electrons. The van der Waals surface area contributed by atoms with Crippen LogP contribution in [-0.2, 0) is 5.54 Å². The highest BCUT2D eigenvalue weighted by Gasteiger charge is 2.27. The summed E-state index contributed by atoms with van der Waals surface area (Å²) >= 11 is 0. The Morgan fingerprint density at radius 3 is 2.57 bits per heavy atom. The van der Waals surface area contributed by atoms with Crippen molar-refractivity contribution in [3.8, 4) is 5.75 Å². The molecule has 0 radical (unpaired) electrons. The molecule has 1 heterocycles. The van der Waals surface area contributed by atoms with Gasteiger partial charge in [0.15, 0.2) is 0 Å². The van der Waals surface area contributed by atoms with E-state index in [2.05, 4.69) is 12.2 Å². The fourth-order valence-electron chi connectivity index (χ4n) is 2.80. The lowest BCUT2D eigenvalue weighted by Crippen LogP contribution is -2.51. The molecule has 1 saturated heterocycles. The summed E-state index contributed by atoms with van der Waals surface area (Å²) in [5.41, 5.74) is 0.672. The Labute approximate surface area is 127 Å². The number of hydrogen-bond acceptors (Lipinski definition) is 2. The van der Waals surface area contributed by atoms with Gasteiger partial charge in [-0.2, -0.15) is 0 Å². The number of rotatable bonds is 3. The van der Waals surface area contributed by atoms with Crippen LogP contribution in [0.15, 0.2) is 24.3 Å². The second kappa shape index (κ2) is 6.37. The van der Waals surface area contributed by atoms with E-state index in [4.69, 9.17) is 4.74 Å². The Hall–Kier alpha value is -1.71. The van der Waals surface area contributed by atoms with Gasteiger partial charge in [0.05, 0.1) is 12.6 Å². The minimum absolute atomic E-state index is 0.0300. The lowest BCUT2D eigenvalue weighted by atomic mass is 9.94. The second-order valence-corrected chi connectivity index (χ2v) is 6.48. The first kappa shape index (κ1) is 15.7. The Kier molecular flexibility index (Phi) is 4.76. The minimum atomic E-state index is -0.399. The SMILES string of the molecule is COc1ccc(C(C)(C)NC(=O)N2CCCC(C)C2)cc1. The number of piperidine rings is 1. The molecule has 2 amide bonds. The molecule has 21 heavy (non-hydrogen) atoms. The van der Waals surface area contributed by atoms with Crippen LogP contribution in [0.25, 0.3) is 0 Å². The highest BCUT2D eigenvalue weighted by Crippen LogP contribution is 2.24. The molecule has 4 nitrogen and oxygen atoms in total. The van der Waals surface area contributed by atoms with Gasteiger partial charge in [0, 0.05) is 13.1 Å². The predicted octanol–water partition coefficient (Wildman–Crippen LogP) is 3.37. The summed E-state index contributed by atoms with van der Waals surface area (Å²) in [7, 11) is 1.65. The van der Waals surface area contributed by atoms with E-state index in [9.17, 15) is 4.79 Å². The van der Waals surface area contributed by atoms with Crippen LogP contribution in [0.4, 0.5) is 4.79 Å². The number of nitrogens with zero attached hydrogens (tertiary/aromatic N) is 1. The summed E-state index contributed by atoms with van der Waals surface area (Å²) in [6, 6.07) is 7.87. The number of carbonyl (C=O) groups excluding carboxylic acids is 1. The van der Waals surface area contributed by atoms with Gasteiger partial charge in [-0.05, 0) is 50.3 Å². The summed E-state index contributed by atoms with van der Waals surface area (Å²) in [5.74, 6) is 1.42. The molecule has 1 atom stereocenters. The number of carbonyl (C=O) groups is 1. The molecule has 2 rings (SSSR count). The third kappa shape index (κ3) is 3.90. The number of nitrogens with one attached hydrogen (secondary N) is 1. The van der Waals surface area contributed by atoms with Gasteiger partial charge < -0.3 is 15.0 Å². The number of likely N-dealkylation sites (tertiary alicyclic amines) is 1. The van der Waals surface area contributed by atoms with E-state index >= 15 is 0 Å². The van der Waals surface area contributed by atoms with Crippen molar-refractivity contribution in [2.75, 3.05) is 20.2 Å². The van der Waals surface area contributed by atoms with E-state index in [-0.39, 0.29) is 6.03 Å². The molecule has 0 saturated carbocycles. The van der Waals surface area contributed by atoms with Crippen molar-refractivity contribution in [2.45, 2.75) is 39.2 Å². The van der Waals surface area contributed by atoms with E-state index in [1.54, 1.807) is 7.11 Å². The van der Waals surface area contributed by atoms with Crippen molar-refractivity contribution in [3.63, 3.8) is 0 Å². The molecule has 1 aromatic rings. The number of benzene rings is 1. The molecular weight excluding hydrogens is 264 g/mol.